The Morgan fingerprint density at radius 3 is 2.63 bits per heavy atom. The van der Waals surface area contributed by atoms with Gasteiger partial charge in [-0.15, -0.1) is 6.58 Å². The summed E-state index contributed by atoms with van der Waals surface area (Å²) in [4.78, 5) is 0. The molecule has 3 aliphatic rings. The van der Waals surface area contributed by atoms with Crippen molar-refractivity contribution in [1.29, 1.82) is 0 Å². The highest BCUT2D eigenvalue weighted by Gasteiger charge is 2.65. The molecule has 0 unspecified atom stereocenters. The Kier molecular flexibility index (Phi) is 4.93. The van der Waals surface area contributed by atoms with Gasteiger partial charge >= 0.3 is 0 Å². The third kappa shape index (κ3) is 2.76. The Balaban J connectivity index is 1.67. The van der Waals surface area contributed by atoms with Gasteiger partial charge in [0.2, 0.25) is 0 Å². The molecule has 1 heterocycles. The summed E-state index contributed by atoms with van der Waals surface area (Å²) in [6.07, 6.45) is 2.07. The minimum absolute atomic E-state index is 0.0718. The number of aryl methyl sites for hydroxylation is 1. The molecule has 0 aromatic heterocycles. The zero-order valence-corrected chi connectivity index (χ0v) is 17.3. The number of halogens is 2. The fourth-order valence-electron chi connectivity index (χ4n) is 6.52. The van der Waals surface area contributed by atoms with Crippen molar-refractivity contribution in [1.82, 2.24) is 0 Å². The smallest absolute Gasteiger partial charge is 0.267 e. The monoisotopic (exact) mass is 410 g/mol. The fraction of sp³-hybridized carbons (Fsp3) is 0.462. The van der Waals surface area contributed by atoms with E-state index in [1.165, 1.54) is 11.1 Å². The third-order valence-corrected chi connectivity index (χ3v) is 7.79. The Morgan fingerprint density at radius 2 is 1.93 bits per heavy atom. The Labute approximate surface area is 176 Å². The molecule has 2 nitrogen and oxygen atoms in total. The molecule has 2 aromatic rings. The van der Waals surface area contributed by atoms with Crippen LogP contribution in [0.2, 0.25) is 0 Å². The lowest BCUT2D eigenvalue weighted by Gasteiger charge is -2.55. The normalized spacial score (nSPS) is 34.7. The van der Waals surface area contributed by atoms with Gasteiger partial charge in [0.05, 0.1) is 13.2 Å². The van der Waals surface area contributed by atoms with Crippen LogP contribution in [0.25, 0.3) is 0 Å². The number of alkyl halides is 2. The minimum Gasteiger partial charge on any atom is -0.497 e. The van der Waals surface area contributed by atoms with Crippen molar-refractivity contribution >= 4 is 0 Å². The molecule has 0 N–H and O–H groups in total. The summed E-state index contributed by atoms with van der Waals surface area (Å²) in [5.74, 6) is 0.619. The molecule has 2 aromatic carbocycles. The summed E-state index contributed by atoms with van der Waals surface area (Å²) in [5.41, 5.74) is 2.02. The van der Waals surface area contributed by atoms with E-state index < -0.39 is 18.1 Å². The highest BCUT2D eigenvalue weighted by Crippen LogP contribution is 2.64. The number of hydrogen-bond acceptors (Lipinski definition) is 2. The van der Waals surface area contributed by atoms with Crippen molar-refractivity contribution in [3.8, 4) is 5.75 Å². The molecule has 1 aliphatic heterocycles. The second-order valence-corrected chi connectivity index (χ2v) is 8.92. The quantitative estimate of drug-likeness (QED) is 0.549. The third-order valence-electron chi connectivity index (χ3n) is 7.79. The van der Waals surface area contributed by atoms with E-state index in [1.807, 2.05) is 36.4 Å². The van der Waals surface area contributed by atoms with Crippen LogP contribution in [0.1, 0.15) is 48.0 Å². The van der Waals surface area contributed by atoms with Crippen LogP contribution in [-0.4, -0.2) is 19.1 Å². The number of rotatable bonds is 4. The van der Waals surface area contributed by atoms with Gasteiger partial charge in [-0.1, -0.05) is 42.5 Å². The van der Waals surface area contributed by atoms with E-state index >= 15 is 0 Å². The van der Waals surface area contributed by atoms with Crippen LogP contribution in [-0.2, 0) is 11.2 Å². The Morgan fingerprint density at radius 1 is 1.13 bits per heavy atom. The molecule has 0 bridgehead atoms. The highest BCUT2D eigenvalue weighted by atomic mass is 19.3. The van der Waals surface area contributed by atoms with E-state index in [9.17, 15) is 8.78 Å². The second-order valence-electron chi connectivity index (χ2n) is 8.92. The van der Waals surface area contributed by atoms with Gasteiger partial charge in [0, 0.05) is 11.8 Å². The van der Waals surface area contributed by atoms with Crippen molar-refractivity contribution < 1.29 is 18.3 Å². The summed E-state index contributed by atoms with van der Waals surface area (Å²) in [5, 5.41) is 0. The van der Waals surface area contributed by atoms with Crippen molar-refractivity contribution in [3.05, 3.63) is 77.9 Å². The highest BCUT2D eigenvalue weighted by molar-refractivity contribution is 5.43. The standard InChI is InChI=1S/C26H28F2O2/c1-3-18-10-14-22-21-12-9-17-15-19(29-2)11-13-20(17)23(21)24(16-7-5-4-6-8-16)30-26(18,22)25(27)28/h3-8,11,13,15,18,21-25H,1,9-10,12,14H2,2H3/t18-,21+,22+,23-,24+,26+/m1/s1. The SMILES string of the molecule is C=C[C@@H]1CC[C@H]2[C@@H]3CCc4cc(OC)ccc4[C@H]3[C@H](c3ccccc3)O[C@@]12C(F)F. The molecular weight excluding hydrogens is 382 g/mol. The minimum atomic E-state index is -2.53. The summed E-state index contributed by atoms with van der Waals surface area (Å²) < 4.78 is 41.5. The van der Waals surface area contributed by atoms with E-state index in [0.717, 1.165) is 37.0 Å². The van der Waals surface area contributed by atoms with Crippen LogP contribution in [0, 0.1) is 17.8 Å². The molecule has 2 fully saturated rings. The maximum Gasteiger partial charge on any atom is 0.267 e. The first-order valence-corrected chi connectivity index (χ1v) is 10.9. The molecule has 6 atom stereocenters. The Bertz CT molecular complexity index is 928. The molecule has 4 heteroatoms. The van der Waals surface area contributed by atoms with Crippen LogP contribution in [0.3, 0.4) is 0 Å². The van der Waals surface area contributed by atoms with Gasteiger partial charge in [-0.05, 0) is 66.3 Å². The van der Waals surface area contributed by atoms with Crippen molar-refractivity contribution in [2.45, 2.75) is 49.7 Å². The molecule has 30 heavy (non-hydrogen) atoms. The summed E-state index contributed by atoms with van der Waals surface area (Å²) in [6.45, 7) is 3.89. The van der Waals surface area contributed by atoms with E-state index in [4.69, 9.17) is 9.47 Å². The van der Waals surface area contributed by atoms with E-state index in [0.29, 0.717) is 0 Å². The van der Waals surface area contributed by atoms with Crippen molar-refractivity contribution in [2.24, 2.45) is 17.8 Å². The van der Waals surface area contributed by atoms with Gasteiger partial charge in [0.15, 0.2) is 0 Å². The molecule has 0 amide bonds. The van der Waals surface area contributed by atoms with Gasteiger partial charge in [0.25, 0.3) is 6.43 Å². The van der Waals surface area contributed by atoms with E-state index in [1.54, 1.807) is 13.2 Å². The lowest BCUT2D eigenvalue weighted by Crippen LogP contribution is -2.57. The summed E-state index contributed by atoms with van der Waals surface area (Å²) in [7, 11) is 1.68. The van der Waals surface area contributed by atoms with Gasteiger partial charge < -0.3 is 9.47 Å². The van der Waals surface area contributed by atoms with Crippen molar-refractivity contribution in [2.75, 3.05) is 7.11 Å². The lowest BCUT2D eigenvalue weighted by molar-refractivity contribution is -0.252. The van der Waals surface area contributed by atoms with E-state index in [2.05, 4.69) is 18.7 Å². The molecule has 1 saturated carbocycles. The van der Waals surface area contributed by atoms with Gasteiger partial charge in [-0.3, -0.25) is 0 Å². The van der Waals surface area contributed by atoms with E-state index in [-0.39, 0.29) is 23.7 Å². The second kappa shape index (κ2) is 7.49. The number of hydrogen-bond donors (Lipinski definition) is 0. The van der Waals surface area contributed by atoms with Crippen molar-refractivity contribution in [3.63, 3.8) is 0 Å². The average molecular weight is 411 g/mol. The maximum absolute atomic E-state index is 14.8. The van der Waals surface area contributed by atoms with Crippen LogP contribution in [0.15, 0.2) is 61.2 Å². The van der Waals surface area contributed by atoms with Gasteiger partial charge in [-0.2, -0.15) is 0 Å². The average Bonchev–Trinajstić information content (AvgIpc) is 3.18. The zero-order chi connectivity index (χ0) is 20.9. The summed E-state index contributed by atoms with van der Waals surface area (Å²) >= 11 is 0. The number of methoxy groups -OCH3 is 1. The molecular formula is C26H28F2O2. The number of ether oxygens (including phenoxy) is 2. The Hall–Kier alpha value is -2.20. The van der Waals surface area contributed by atoms with Gasteiger partial charge in [-0.25, -0.2) is 8.78 Å². The predicted molar refractivity (Wildman–Crippen MR) is 113 cm³/mol. The first-order valence-electron chi connectivity index (χ1n) is 10.9. The molecule has 1 saturated heterocycles. The topological polar surface area (TPSA) is 18.5 Å². The van der Waals surface area contributed by atoms with Gasteiger partial charge in [0.1, 0.15) is 11.4 Å². The molecule has 5 rings (SSSR count). The maximum atomic E-state index is 14.8. The zero-order valence-electron chi connectivity index (χ0n) is 17.3. The molecule has 0 radical (unpaired) electrons. The molecule has 2 aliphatic carbocycles. The van der Waals surface area contributed by atoms with Crippen LogP contribution >= 0.6 is 0 Å². The number of fused-ring (bicyclic) bond motifs is 5. The predicted octanol–water partition coefficient (Wildman–Crippen LogP) is 6.33. The first kappa shape index (κ1) is 19.7. The fourth-order valence-corrected chi connectivity index (χ4v) is 6.52. The molecule has 158 valence electrons. The van der Waals surface area contributed by atoms with Crippen LogP contribution < -0.4 is 4.74 Å². The largest absolute Gasteiger partial charge is 0.497 e. The lowest BCUT2D eigenvalue weighted by atomic mass is 9.60. The number of benzene rings is 2. The molecule has 0 spiro atoms. The van der Waals surface area contributed by atoms with Crippen LogP contribution in [0.4, 0.5) is 8.78 Å². The first-order chi connectivity index (χ1) is 14.6. The summed E-state index contributed by atoms with van der Waals surface area (Å²) in [6, 6.07) is 16.1. The van der Waals surface area contributed by atoms with Crippen LogP contribution in [0.5, 0.6) is 5.75 Å².